The second-order valence-corrected chi connectivity index (χ2v) is 5.49. The largest absolute Gasteiger partial charge is 0.378 e. The Bertz CT molecular complexity index is 403. The molecule has 1 saturated carbocycles. The Morgan fingerprint density at radius 3 is 2.61 bits per heavy atom. The smallest absolute Gasteiger partial charge is 0.0642 e. The molecule has 98 valence electrons. The minimum atomic E-state index is 0.266. The first-order valence-electron chi connectivity index (χ1n) is 6.97. The maximum absolute atomic E-state index is 6.00. The van der Waals surface area contributed by atoms with Crippen LogP contribution >= 0.6 is 0 Å². The fourth-order valence-corrected chi connectivity index (χ4v) is 3.07. The van der Waals surface area contributed by atoms with Crippen LogP contribution < -0.4 is 10.6 Å². The molecule has 0 bridgehead atoms. The second kappa shape index (κ2) is 4.90. The fourth-order valence-electron chi connectivity index (χ4n) is 3.07. The van der Waals surface area contributed by atoms with E-state index in [9.17, 15) is 0 Å². The average Bonchev–Trinajstić information content (AvgIpc) is 2.40. The zero-order chi connectivity index (χ0) is 12.4. The summed E-state index contributed by atoms with van der Waals surface area (Å²) in [6.45, 7) is 4.45. The molecular formula is C15H22N2O. The average molecular weight is 246 g/mol. The van der Waals surface area contributed by atoms with Crippen molar-refractivity contribution in [1.29, 1.82) is 0 Å². The topological polar surface area (TPSA) is 38.5 Å². The first-order valence-corrected chi connectivity index (χ1v) is 6.97. The van der Waals surface area contributed by atoms with Crippen LogP contribution in [0.4, 0.5) is 5.69 Å². The van der Waals surface area contributed by atoms with Crippen molar-refractivity contribution >= 4 is 5.69 Å². The van der Waals surface area contributed by atoms with Crippen molar-refractivity contribution in [2.45, 2.75) is 24.7 Å². The van der Waals surface area contributed by atoms with Crippen molar-refractivity contribution in [3.63, 3.8) is 0 Å². The van der Waals surface area contributed by atoms with Gasteiger partial charge in [0.1, 0.15) is 0 Å². The van der Waals surface area contributed by atoms with E-state index in [-0.39, 0.29) is 5.41 Å². The van der Waals surface area contributed by atoms with Crippen LogP contribution in [-0.4, -0.2) is 32.8 Å². The Hall–Kier alpha value is -1.06. The highest BCUT2D eigenvalue weighted by molar-refractivity contribution is 5.51. The van der Waals surface area contributed by atoms with Crippen LogP contribution in [0.1, 0.15) is 24.8 Å². The van der Waals surface area contributed by atoms with Gasteiger partial charge < -0.3 is 15.4 Å². The van der Waals surface area contributed by atoms with Gasteiger partial charge in [-0.1, -0.05) is 18.6 Å². The maximum atomic E-state index is 6.00. The summed E-state index contributed by atoms with van der Waals surface area (Å²) in [6.07, 6.45) is 3.81. The molecule has 1 aliphatic carbocycles. The van der Waals surface area contributed by atoms with Gasteiger partial charge in [-0.05, 0) is 30.5 Å². The molecule has 2 fully saturated rings. The normalized spacial score (nSPS) is 22.6. The highest BCUT2D eigenvalue weighted by atomic mass is 16.5. The molecule has 1 heterocycles. The molecule has 0 radical (unpaired) electrons. The van der Waals surface area contributed by atoms with Crippen molar-refractivity contribution in [3.05, 3.63) is 29.8 Å². The predicted octanol–water partition coefficient (Wildman–Crippen LogP) is 1.90. The van der Waals surface area contributed by atoms with Crippen LogP contribution in [0.3, 0.4) is 0 Å². The number of nitrogens with two attached hydrogens (primary N) is 1. The lowest BCUT2D eigenvalue weighted by atomic mass is 9.64. The predicted molar refractivity (Wildman–Crippen MR) is 74.1 cm³/mol. The summed E-state index contributed by atoms with van der Waals surface area (Å²) >= 11 is 0. The fraction of sp³-hybridized carbons (Fsp3) is 0.600. The minimum Gasteiger partial charge on any atom is -0.378 e. The molecule has 1 saturated heterocycles. The molecule has 3 nitrogen and oxygen atoms in total. The van der Waals surface area contributed by atoms with E-state index in [1.165, 1.54) is 30.5 Å². The summed E-state index contributed by atoms with van der Waals surface area (Å²) in [5.41, 5.74) is 9.02. The Balaban J connectivity index is 1.84. The zero-order valence-corrected chi connectivity index (χ0v) is 10.9. The van der Waals surface area contributed by atoms with E-state index in [0.717, 1.165) is 32.8 Å². The van der Waals surface area contributed by atoms with Gasteiger partial charge in [0.2, 0.25) is 0 Å². The number of hydrogen-bond acceptors (Lipinski definition) is 3. The Kier molecular flexibility index (Phi) is 3.27. The van der Waals surface area contributed by atoms with Crippen molar-refractivity contribution in [3.8, 4) is 0 Å². The molecule has 0 aromatic heterocycles. The summed E-state index contributed by atoms with van der Waals surface area (Å²) < 4.78 is 5.41. The number of morpholine rings is 1. The molecule has 3 rings (SSSR count). The third-order valence-electron chi connectivity index (χ3n) is 4.54. The third kappa shape index (κ3) is 2.02. The van der Waals surface area contributed by atoms with Crippen molar-refractivity contribution in [1.82, 2.24) is 0 Å². The zero-order valence-electron chi connectivity index (χ0n) is 10.9. The summed E-state index contributed by atoms with van der Waals surface area (Å²) in [5, 5.41) is 0. The molecule has 0 spiro atoms. The Labute approximate surface area is 109 Å². The van der Waals surface area contributed by atoms with Gasteiger partial charge in [0.25, 0.3) is 0 Å². The van der Waals surface area contributed by atoms with E-state index in [1.807, 2.05) is 0 Å². The van der Waals surface area contributed by atoms with Gasteiger partial charge in [-0.3, -0.25) is 0 Å². The highest BCUT2D eigenvalue weighted by Gasteiger charge is 2.37. The lowest BCUT2D eigenvalue weighted by Crippen LogP contribution is -2.42. The monoisotopic (exact) mass is 246 g/mol. The van der Waals surface area contributed by atoms with Gasteiger partial charge in [-0.2, -0.15) is 0 Å². The lowest BCUT2D eigenvalue weighted by Gasteiger charge is -2.42. The standard InChI is InChI=1S/C15H22N2O/c16-12-15(5-2-6-15)13-3-1-4-14(11-13)17-7-9-18-10-8-17/h1,3-4,11H,2,5-10,12,16H2. The van der Waals surface area contributed by atoms with E-state index in [0.29, 0.717) is 0 Å². The van der Waals surface area contributed by atoms with Crippen molar-refractivity contribution in [2.75, 3.05) is 37.7 Å². The van der Waals surface area contributed by atoms with E-state index in [1.54, 1.807) is 0 Å². The molecule has 0 unspecified atom stereocenters. The Morgan fingerprint density at radius 2 is 2.00 bits per heavy atom. The molecule has 3 heteroatoms. The second-order valence-electron chi connectivity index (χ2n) is 5.49. The highest BCUT2D eigenvalue weighted by Crippen LogP contribution is 2.43. The number of hydrogen-bond donors (Lipinski definition) is 1. The molecule has 1 aliphatic heterocycles. The first-order chi connectivity index (χ1) is 8.84. The van der Waals surface area contributed by atoms with Crippen LogP contribution in [0.2, 0.25) is 0 Å². The number of ether oxygens (including phenoxy) is 1. The third-order valence-corrected chi connectivity index (χ3v) is 4.54. The molecule has 2 N–H and O–H groups in total. The molecule has 1 aromatic carbocycles. The van der Waals surface area contributed by atoms with Crippen LogP contribution in [-0.2, 0) is 10.2 Å². The van der Waals surface area contributed by atoms with Gasteiger partial charge in [0.15, 0.2) is 0 Å². The lowest BCUT2D eigenvalue weighted by molar-refractivity contribution is 0.122. The molecule has 0 atom stereocenters. The van der Waals surface area contributed by atoms with E-state index < -0.39 is 0 Å². The number of benzene rings is 1. The van der Waals surface area contributed by atoms with Crippen molar-refractivity contribution < 1.29 is 4.74 Å². The molecule has 2 aliphatic rings. The summed E-state index contributed by atoms with van der Waals surface area (Å²) in [5.74, 6) is 0. The van der Waals surface area contributed by atoms with Gasteiger partial charge >= 0.3 is 0 Å². The Morgan fingerprint density at radius 1 is 1.22 bits per heavy atom. The van der Waals surface area contributed by atoms with Crippen LogP contribution in [0.15, 0.2) is 24.3 Å². The van der Waals surface area contributed by atoms with Crippen LogP contribution in [0.5, 0.6) is 0 Å². The molecular weight excluding hydrogens is 224 g/mol. The van der Waals surface area contributed by atoms with Gasteiger partial charge in [0.05, 0.1) is 13.2 Å². The van der Waals surface area contributed by atoms with Gasteiger partial charge in [0, 0.05) is 30.7 Å². The van der Waals surface area contributed by atoms with Crippen molar-refractivity contribution in [2.24, 2.45) is 5.73 Å². The van der Waals surface area contributed by atoms with E-state index >= 15 is 0 Å². The van der Waals surface area contributed by atoms with Gasteiger partial charge in [-0.25, -0.2) is 0 Å². The van der Waals surface area contributed by atoms with Crippen LogP contribution in [0.25, 0.3) is 0 Å². The number of rotatable bonds is 3. The molecule has 0 amide bonds. The SMILES string of the molecule is NCC1(c2cccc(N3CCOCC3)c2)CCC1. The first kappa shape index (κ1) is 12.0. The quantitative estimate of drug-likeness (QED) is 0.885. The summed E-state index contributed by atoms with van der Waals surface area (Å²) in [4.78, 5) is 2.41. The number of anilines is 1. The van der Waals surface area contributed by atoms with E-state index in [2.05, 4.69) is 29.2 Å². The van der Waals surface area contributed by atoms with E-state index in [4.69, 9.17) is 10.5 Å². The van der Waals surface area contributed by atoms with Crippen LogP contribution in [0, 0.1) is 0 Å². The number of nitrogens with zero attached hydrogens (tertiary/aromatic N) is 1. The minimum absolute atomic E-state index is 0.266. The summed E-state index contributed by atoms with van der Waals surface area (Å²) in [7, 11) is 0. The summed E-state index contributed by atoms with van der Waals surface area (Å²) in [6, 6.07) is 8.97. The van der Waals surface area contributed by atoms with Gasteiger partial charge in [-0.15, -0.1) is 0 Å². The maximum Gasteiger partial charge on any atom is 0.0642 e. The molecule has 18 heavy (non-hydrogen) atoms. The molecule has 1 aromatic rings.